The minimum atomic E-state index is -0.356. The molecule has 1 atom stereocenters. The highest BCUT2D eigenvalue weighted by Gasteiger charge is 2.26. The van der Waals surface area contributed by atoms with Crippen LogP contribution in [0, 0.1) is 5.92 Å². The SMILES string of the molecule is CCCCN(C(=O)NCc1ccc(CC(N)=O)cc1)[C@@H]1C=C(OCCCC2CCC2)C(OC)=CC1. The first-order chi connectivity index (χ1) is 17.0. The van der Waals surface area contributed by atoms with Crippen molar-refractivity contribution in [3.05, 3.63) is 59.1 Å². The highest BCUT2D eigenvalue weighted by atomic mass is 16.5. The minimum absolute atomic E-state index is 0.0833. The Kier molecular flexibility index (Phi) is 10.5. The molecule has 0 radical (unpaired) electrons. The van der Waals surface area contributed by atoms with E-state index in [0.29, 0.717) is 26.1 Å². The molecular formula is C28H41N3O4. The van der Waals surface area contributed by atoms with Gasteiger partial charge in [-0.1, -0.05) is 56.9 Å². The van der Waals surface area contributed by atoms with Crippen molar-refractivity contribution in [1.82, 2.24) is 10.2 Å². The highest BCUT2D eigenvalue weighted by Crippen LogP contribution is 2.31. The van der Waals surface area contributed by atoms with Gasteiger partial charge in [-0.2, -0.15) is 0 Å². The molecule has 1 aromatic carbocycles. The van der Waals surface area contributed by atoms with Crippen molar-refractivity contribution in [2.24, 2.45) is 11.7 Å². The molecule has 0 unspecified atom stereocenters. The Morgan fingerprint density at radius 3 is 2.49 bits per heavy atom. The van der Waals surface area contributed by atoms with Crippen molar-refractivity contribution in [1.29, 1.82) is 0 Å². The molecule has 2 aliphatic carbocycles. The third-order valence-electron chi connectivity index (χ3n) is 6.85. The predicted octanol–water partition coefficient (Wildman–Crippen LogP) is 4.81. The quantitative estimate of drug-likeness (QED) is 0.371. The van der Waals surface area contributed by atoms with Crippen molar-refractivity contribution < 1.29 is 19.1 Å². The number of methoxy groups -OCH3 is 1. The summed E-state index contributed by atoms with van der Waals surface area (Å²) >= 11 is 0. The van der Waals surface area contributed by atoms with Crippen molar-refractivity contribution in [3.63, 3.8) is 0 Å². The van der Waals surface area contributed by atoms with Crippen molar-refractivity contribution in [2.45, 2.75) is 77.3 Å². The van der Waals surface area contributed by atoms with Crippen molar-refractivity contribution in [2.75, 3.05) is 20.3 Å². The lowest BCUT2D eigenvalue weighted by Crippen LogP contribution is -2.46. The average molecular weight is 484 g/mol. The zero-order valence-electron chi connectivity index (χ0n) is 21.3. The van der Waals surface area contributed by atoms with E-state index < -0.39 is 0 Å². The van der Waals surface area contributed by atoms with E-state index in [1.165, 1.54) is 25.7 Å². The molecule has 7 nitrogen and oxygen atoms in total. The lowest BCUT2D eigenvalue weighted by atomic mass is 9.82. The molecule has 35 heavy (non-hydrogen) atoms. The number of hydrogen-bond donors (Lipinski definition) is 2. The number of rotatable bonds is 14. The van der Waals surface area contributed by atoms with Gasteiger partial charge < -0.3 is 25.4 Å². The number of hydrogen-bond acceptors (Lipinski definition) is 4. The van der Waals surface area contributed by atoms with Crippen LogP contribution in [0.5, 0.6) is 0 Å². The van der Waals surface area contributed by atoms with Crippen LogP contribution in [0.15, 0.2) is 47.9 Å². The van der Waals surface area contributed by atoms with E-state index in [9.17, 15) is 9.59 Å². The lowest BCUT2D eigenvalue weighted by Gasteiger charge is -2.32. The van der Waals surface area contributed by atoms with Gasteiger partial charge >= 0.3 is 6.03 Å². The molecule has 0 bridgehead atoms. The second-order valence-corrected chi connectivity index (χ2v) is 9.56. The average Bonchev–Trinajstić information content (AvgIpc) is 2.82. The summed E-state index contributed by atoms with van der Waals surface area (Å²) in [6.45, 7) is 3.88. The number of nitrogens with zero attached hydrogens (tertiary/aromatic N) is 1. The molecule has 2 aliphatic rings. The Hall–Kier alpha value is -2.96. The molecule has 0 spiro atoms. The second-order valence-electron chi connectivity index (χ2n) is 9.56. The number of benzene rings is 1. The number of urea groups is 1. The third-order valence-corrected chi connectivity index (χ3v) is 6.85. The first-order valence-corrected chi connectivity index (χ1v) is 13.0. The number of amides is 3. The maximum absolute atomic E-state index is 13.2. The lowest BCUT2D eigenvalue weighted by molar-refractivity contribution is -0.117. The van der Waals surface area contributed by atoms with Gasteiger partial charge in [0, 0.05) is 13.1 Å². The Morgan fingerprint density at radius 2 is 1.86 bits per heavy atom. The molecule has 7 heteroatoms. The largest absolute Gasteiger partial charge is 0.493 e. The first kappa shape index (κ1) is 26.6. The van der Waals surface area contributed by atoms with E-state index in [1.807, 2.05) is 41.3 Å². The summed E-state index contributed by atoms with van der Waals surface area (Å²) in [7, 11) is 1.66. The van der Waals surface area contributed by atoms with Crippen LogP contribution in [0.4, 0.5) is 4.79 Å². The van der Waals surface area contributed by atoms with Gasteiger partial charge in [0.15, 0.2) is 11.5 Å². The summed E-state index contributed by atoms with van der Waals surface area (Å²) < 4.78 is 11.7. The number of ether oxygens (including phenoxy) is 2. The fraction of sp³-hybridized carbons (Fsp3) is 0.571. The van der Waals surface area contributed by atoms with Crippen LogP contribution >= 0.6 is 0 Å². The molecule has 1 saturated carbocycles. The summed E-state index contributed by atoms with van der Waals surface area (Å²) in [5, 5.41) is 3.06. The molecule has 3 N–H and O–H groups in total. The van der Waals surface area contributed by atoms with Crippen LogP contribution in [0.1, 0.15) is 69.4 Å². The monoisotopic (exact) mass is 483 g/mol. The van der Waals surface area contributed by atoms with E-state index in [2.05, 4.69) is 12.2 Å². The smallest absolute Gasteiger partial charge is 0.318 e. The van der Waals surface area contributed by atoms with Gasteiger partial charge in [-0.25, -0.2) is 4.79 Å². The minimum Gasteiger partial charge on any atom is -0.493 e. The fourth-order valence-electron chi connectivity index (χ4n) is 4.51. The second kappa shape index (κ2) is 13.8. The highest BCUT2D eigenvalue weighted by molar-refractivity contribution is 5.76. The molecule has 3 rings (SSSR count). The molecule has 1 fully saturated rings. The molecule has 0 saturated heterocycles. The van der Waals surface area contributed by atoms with E-state index in [4.69, 9.17) is 15.2 Å². The van der Waals surface area contributed by atoms with Crippen LogP contribution in [-0.4, -0.2) is 43.1 Å². The predicted molar refractivity (Wildman–Crippen MR) is 137 cm³/mol. The van der Waals surface area contributed by atoms with Gasteiger partial charge in [-0.15, -0.1) is 0 Å². The van der Waals surface area contributed by atoms with Gasteiger partial charge in [-0.3, -0.25) is 4.79 Å². The van der Waals surface area contributed by atoms with Crippen LogP contribution < -0.4 is 11.1 Å². The topological polar surface area (TPSA) is 93.9 Å². The molecule has 0 aliphatic heterocycles. The zero-order valence-corrected chi connectivity index (χ0v) is 21.3. The van der Waals surface area contributed by atoms with Crippen molar-refractivity contribution >= 4 is 11.9 Å². The molecule has 1 aromatic rings. The van der Waals surface area contributed by atoms with E-state index in [-0.39, 0.29) is 24.4 Å². The van der Waals surface area contributed by atoms with Crippen molar-refractivity contribution in [3.8, 4) is 0 Å². The van der Waals surface area contributed by atoms with Gasteiger partial charge in [0.2, 0.25) is 5.91 Å². The molecule has 192 valence electrons. The number of carbonyl (C=O) groups excluding carboxylic acids is 2. The molecular weight excluding hydrogens is 442 g/mol. The van der Waals surface area contributed by atoms with Gasteiger partial charge in [0.25, 0.3) is 0 Å². The maximum atomic E-state index is 13.2. The summed E-state index contributed by atoms with van der Waals surface area (Å²) in [5.74, 6) is 2.00. The Bertz CT molecular complexity index is 890. The molecule has 0 aromatic heterocycles. The van der Waals surface area contributed by atoms with Crippen LogP contribution in [0.25, 0.3) is 0 Å². The fourth-order valence-corrected chi connectivity index (χ4v) is 4.51. The van der Waals surface area contributed by atoms with E-state index >= 15 is 0 Å². The third kappa shape index (κ3) is 8.34. The molecule has 0 heterocycles. The number of carbonyl (C=O) groups is 2. The Morgan fingerprint density at radius 1 is 1.11 bits per heavy atom. The summed E-state index contributed by atoms with van der Waals surface area (Å²) in [5.41, 5.74) is 7.10. The van der Waals surface area contributed by atoms with Crippen LogP contribution in [0.2, 0.25) is 0 Å². The summed E-state index contributed by atoms with van der Waals surface area (Å²) in [6, 6.07) is 7.39. The summed E-state index contributed by atoms with van der Waals surface area (Å²) in [4.78, 5) is 26.2. The number of nitrogens with two attached hydrogens (primary N) is 1. The maximum Gasteiger partial charge on any atom is 0.318 e. The number of nitrogens with one attached hydrogen (secondary N) is 1. The van der Waals surface area contributed by atoms with E-state index in [0.717, 1.165) is 47.8 Å². The van der Waals surface area contributed by atoms with Crippen LogP contribution in [-0.2, 0) is 27.2 Å². The van der Waals surface area contributed by atoms with Gasteiger partial charge in [-0.05, 0) is 54.9 Å². The number of unbranched alkanes of at least 4 members (excludes halogenated alkanes) is 1. The normalized spacial score (nSPS) is 17.6. The number of primary amides is 1. The Balaban J connectivity index is 1.59. The molecule has 3 amide bonds. The Labute approximate surface area is 209 Å². The van der Waals surface area contributed by atoms with Gasteiger partial charge in [0.05, 0.1) is 26.2 Å². The summed E-state index contributed by atoms with van der Waals surface area (Å²) in [6.07, 6.45) is 13.2. The first-order valence-electron chi connectivity index (χ1n) is 13.0. The van der Waals surface area contributed by atoms with E-state index in [1.54, 1.807) is 7.11 Å². The van der Waals surface area contributed by atoms with Crippen LogP contribution in [0.3, 0.4) is 0 Å². The standard InChI is InChI=1S/C28H41N3O4/c1-3-4-16-31(28(33)30-20-23-12-10-22(11-13-23)18-27(29)32)24-14-15-25(34-2)26(19-24)35-17-6-9-21-7-5-8-21/h10-13,15,19,21,24H,3-9,14,16-18,20H2,1-2H3,(H2,29,32)(H,30,33)/t24-/m0/s1. The van der Waals surface area contributed by atoms with Gasteiger partial charge in [0.1, 0.15) is 0 Å². The zero-order chi connectivity index (χ0) is 25.0.